The highest BCUT2D eigenvalue weighted by Gasteiger charge is 2.03. The molecular weight excluding hydrogens is 484 g/mol. The van der Waals surface area contributed by atoms with Crippen LogP contribution in [0, 0.1) is 12.7 Å². The summed E-state index contributed by atoms with van der Waals surface area (Å²) in [6.07, 6.45) is 0. The Morgan fingerprint density at radius 1 is 0.966 bits per heavy atom. The van der Waals surface area contributed by atoms with Crippen molar-refractivity contribution in [3.8, 4) is 0 Å². The normalized spacial score (nSPS) is 11.1. The number of rotatable bonds is 10. The van der Waals surface area contributed by atoms with E-state index < -0.39 is 0 Å². The van der Waals surface area contributed by atoms with Crippen LogP contribution in [0.2, 0.25) is 0 Å². The van der Waals surface area contributed by atoms with Gasteiger partial charge in [0.2, 0.25) is 0 Å². The standard InChI is InChI=1S/C22H30FN3O2.HI/c1-4-27-10-11-28-16-20-7-5-6-18(12-20)14-25-22(24-3)26-15-19-9-8-17(2)21(23)13-19;/h5-9,12-13H,4,10-11,14-16H2,1-3H3,(H2,24,25,26);1H. The quantitative estimate of drug-likeness (QED) is 0.216. The summed E-state index contributed by atoms with van der Waals surface area (Å²) in [4.78, 5) is 4.22. The van der Waals surface area contributed by atoms with Crippen LogP contribution in [0.1, 0.15) is 29.2 Å². The molecule has 0 radical (unpaired) electrons. The van der Waals surface area contributed by atoms with Crippen molar-refractivity contribution in [3.05, 3.63) is 70.5 Å². The Balaban J connectivity index is 0.00000420. The van der Waals surface area contributed by atoms with E-state index in [1.54, 1.807) is 26.1 Å². The van der Waals surface area contributed by atoms with Gasteiger partial charge in [-0.15, -0.1) is 24.0 Å². The van der Waals surface area contributed by atoms with E-state index in [1.807, 2.05) is 25.1 Å². The van der Waals surface area contributed by atoms with E-state index in [4.69, 9.17) is 9.47 Å². The summed E-state index contributed by atoms with van der Waals surface area (Å²) in [7, 11) is 1.72. The molecule has 0 aromatic heterocycles. The Morgan fingerprint density at radius 3 is 2.28 bits per heavy atom. The second-order valence-electron chi connectivity index (χ2n) is 6.43. The lowest BCUT2D eigenvalue weighted by Gasteiger charge is -2.13. The lowest BCUT2D eigenvalue weighted by molar-refractivity contribution is 0.0453. The fourth-order valence-corrected chi connectivity index (χ4v) is 2.62. The van der Waals surface area contributed by atoms with Crippen LogP contribution >= 0.6 is 24.0 Å². The van der Waals surface area contributed by atoms with Gasteiger partial charge < -0.3 is 20.1 Å². The number of benzene rings is 2. The number of aliphatic imine (C=N–C) groups is 1. The maximum absolute atomic E-state index is 13.7. The molecule has 5 nitrogen and oxygen atoms in total. The second-order valence-corrected chi connectivity index (χ2v) is 6.43. The zero-order valence-electron chi connectivity index (χ0n) is 17.3. The van der Waals surface area contributed by atoms with Gasteiger partial charge in [-0.05, 0) is 42.2 Å². The maximum Gasteiger partial charge on any atom is 0.191 e. The fraction of sp³-hybridized carbons (Fsp3) is 0.409. The molecule has 29 heavy (non-hydrogen) atoms. The van der Waals surface area contributed by atoms with E-state index in [9.17, 15) is 4.39 Å². The fourth-order valence-electron chi connectivity index (χ4n) is 2.62. The van der Waals surface area contributed by atoms with Crippen LogP contribution in [0.25, 0.3) is 0 Å². The van der Waals surface area contributed by atoms with Crippen LogP contribution in [0.3, 0.4) is 0 Å². The van der Waals surface area contributed by atoms with Gasteiger partial charge in [-0.25, -0.2) is 4.39 Å². The molecule has 0 atom stereocenters. The summed E-state index contributed by atoms with van der Waals surface area (Å²) >= 11 is 0. The molecule has 0 aliphatic heterocycles. The van der Waals surface area contributed by atoms with Crippen molar-refractivity contribution < 1.29 is 13.9 Å². The Hall–Kier alpha value is -1.71. The number of hydrogen-bond donors (Lipinski definition) is 2. The summed E-state index contributed by atoms with van der Waals surface area (Å²) in [5, 5.41) is 6.48. The lowest BCUT2D eigenvalue weighted by Crippen LogP contribution is -2.36. The average Bonchev–Trinajstić information content (AvgIpc) is 2.71. The summed E-state index contributed by atoms with van der Waals surface area (Å²) in [5.41, 5.74) is 3.77. The van der Waals surface area contributed by atoms with E-state index in [0.717, 1.165) is 16.7 Å². The molecular formula is C22H31FIN3O2. The van der Waals surface area contributed by atoms with Crippen LogP contribution in [0.5, 0.6) is 0 Å². The van der Waals surface area contributed by atoms with Crippen LogP contribution in [0.4, 0.5) is 4.39 Å². The second kappa shape index (κ2) is 14.3. The zero-order valence-corrected chi connectivity index (χ0v) is 19.7. The van der Waals surface area contributed by atoms with E-state index in [2.05, 4.69) is 27.8 Å². The van der Waals surface area contributed by atoms with Gasteiger partial charge in [0.1, 0.15) is 5.82 Å². The van der Waals surface area contributed by atoms with Gasteiger partial charge in [0, 0.05) is 26.7 Å². The Kier molecular flexibility index (Phi) is 12.5. The molecule has 0 aliphatic rings. The third kappa shape index (κ3) is 9.56. The topological polar surface area (TPSA) is 54.9 Å². The molecule has 0 fully saturated rings. The minimum atomic E-state index is -0.192. The molecule has 2 rings (SSSR count). The number of aryl methyl sites for hydroxylation is 1. The Morgan fingerprint density at radius 2 is 1.62 bits per heavy atom. The first-order valence-electron chi connectivity index (χ1n) is 9.55. The number of nitrogens with one attached hydrogen (secondary N) is 2. The molecule has 0 amide bonds. The van der Waals surface area contributed by atoms with Crippen molar-refractivity contribution in [1.82, 2.24) is 10.6 Å². The third-order valence-electron chi connectivity index (χ3n) is 4.22. The Bertz CT molecular complexity index is 771. The van der Waals surface area contributed by atoms with Crippen LogP contribution in [-0.4, -0.2) is 32.8 Å². The van der Waals surface area contributed by atoms with Gasteiger partial charge in [0.15, 0.2) is 5.96 Å². The predicted molar refractivity (Wildman–Crippen MR) is 126 cm³/mol. The minimum absolute atomic E-state index is 0. The highest BCUT2D eigenvalue weighted by Crippen LogP contribution is 2.09. The number of nitrogens with zero attached hydrogens (tertiary/aromatic N) is 1. The molecule has 0 saturated carbocycles. The van der Waals surface area contributed by atoms with Crippen molar-refractivity contribution in [1.29, 1.82) is 0 Å². The molecule has 160 valence electrons. The van der Waals surface area contributed by atoms with Gasteiger partial charge in [-0.1, -0.05) is 36.4 Å². The molecule has 2 aromatic carbocycles. The highest BCUT2D eigenvalue weighted by atomic mass is 127. The molecule has 0 spiro atoms. The molecule has 2 aromatic rings. The first-order valence-corrected chi connectivity index (χ1v) is 9.55. The summed E-state index contributed by atoms with van der Waals surface area (Å²) < 4.78 is 24.5. The van der Waals surface area contributed by atoms with E-state index in [1.165, 1.54) is 0 Å². The smallest absolute Gasteiger partial charge is 0.191 e. The van der Waals surface area contributed by atoms with Gasteiger partial charge >= 0.3 is 0 Å². The summed E-state index contributed by atoms with van der Waals surface area (Å²) in [6.45, 7) is 7.34. The van der Waals surface area contributed by atoms with Crippen molar-refractivity contribution >= 4 is 29.9 Å². The molecule has 0 saturated heterocycles. The highest BCUT2D eigenvalue weighted by molar-refractivity contribution is 14.0. The predicted octanol–water partition coefficient (Wildman–Crippen LogP) is 4.17. The molecule has 7 heteroatoms. The summed E-state index contributed by atoms with van der Waals surface area (Å²) in [6, 6.07) is 13.5. The number of halogens is 2. The third-order valence-corrected chi connectivity index (χ3v) is 4.22. The molecule has 0 unspecified atom stereocenters. The van der Waals surface area contributed by atoms with E-state index in [-0.39, 0.29) is 29.8 Å². The number of ether oxygens (including phenoxy) is 2. The van der Waals surface area contributed by atoms with Crippen molar-refractivity contribution in [3.63, 3.8) is 0 Å². The van der Waals surface area contributed by atoms with Crippen molar-refractivity contribution in [2.75, 3.05) is 26.9 Å². The first kappa shape index (κ1) is 25.3. The van der Waals surface area contributed by atoms with Gasteiger partial charge in [-0.3, -0.25) is 4.99 Å². The monoisotopic (exact) mass is 515 g/mol. The average molecular weight is 515 g/mol. The number of guanidine groups is 1. The molecule has 0 aliphatic carbocycles. The maximum atomic E-state index is 13.7. The first-order chi connectivity index (χ1) is 13.6. The Labute approximate surface area is 190 Å². The van der Waals surface area contributed by atoms with Gasteiger partial charge in [0.05, 0.1) is 19.8 Å². The van der Waals surface area contributed by atoms with Crippen LogP contribution in [0.15, 0.2) is 47.5 Å². The van der Waals surface area contributed by atoms with Crippen molar-refractivity contribution in [2.45, 2.75) is 33.5 Å². The summed E-state index contributed by atoms with van der Waals surface area (Å²) in [5.74, 6) is 0.474. The minimum Gasteiger partial charge on any atom is -0.379 e. The zero-order chi connectivity index (χ0) is 20.2. The SMILES string of the molecule is CCOCCOCc1cccc(CNC(=NC)NCc2ccc(C)c(F)c2)c1.I. The number of hydrogen-bond acceptors (Lipinski definition) is 3. The molecule has 0 heterocycles. The molecule has 0 bridgehead atoms. The van der Waals surface area contributed by atoms with Crippen LogP contribution in [-0.2, 0) is 29.2 Å². The van der Waals surface area contributed by atoms with Crippen molar-refractivity contribution in [2.24, 2.45) is 4.99 Å². The van der Waals surface area contributed by atoms with Gasteiger partial charge in [-0.2, -0.15) is 0 Å². The lowest BCUT2D eigenvalue weighted by atomic mass is 10.1. The van der Waals surface area contributed by atoms with E-state index >= 15 is 0 Å². The van der Waals surface area contributed by atoms with Crippen LogP contribution < -0.4 is 10.6 Å². The molecule has 2 N–H and O–H groups in total. The van der Waals surface area contributed by atoms with Gasteiger partial charge in [0.25, 0.3) is 0 Å². The largest absolute Gasteiger partial charge is 0.379 e. The van der Waals surface area contributed by atoms with E-state index in [0.29, 0.717) is 51.0 Å².